The van der Waals surface area contributed by atoms with E-state index in [1.54, 1.807) is 18.2 Å². The molecule has 1 aromatic heterocycles. The summed E-state index contributed by atoms with van der Waals surface area (Å²) in [6, 6.07) is 5.06. The lowest BCUT2D eigenvalue weighted by molar-refractivity contribution is -0.114. The lowest BCUT2D eigenvalue weighted by Gasteiger charge is -2.00. The Morgan fingerprint density at radius 3 is 3.00 bits per heavy atom. The van der Waals surface area contributed by atoms with Crippen LogP contribution in [0.4, 0.5) is 0 Å². The number of carbonyl (C=O) groups is 1. The molecule has 0 atom stereocenters. The van der Waals surface area contributed by atoms with Gasteiger partial charge in [-0.05, 0) is 25.1 Å². The second kappa shape index (κ2) is 5.53. The Kier molecular flexibility index (Phi) is 4.03. The summed E-state index contributed by atoms with van der Waals surface area (Å²) in [6.45, 7) is 1.52. The average Bonchev–Trinajstić information content (AvgIpc) is 2.78. The number of halogens is 1. The third kappa shape index (κ3) is 3.11. The molecule has 7 heteroatoms. The molecule has 0 saturated carbocycles. The highest BCUT2D eigenvalue weighted by molar-refractivity contribution is 9.10. The molecular formula is C11H10BrN3O2S. The van der Waals surface area contributed by atoms with Gasteiger partial charge >= 0.3 is 0 Å². The zero-order valence-electron chi connectivity index (χ0n) is 9.48. The minimum atomic E-state index is 0.0725. The lowest BCUT2D eigenvalue weighted by atomic mass is 10.2. The van der Waals surface area contributed by atoms with E-state index in [2.05, 4.69) is 31.1 Å². The number of ketones is 1. The van der Waals surface area contributed by atoms with E-state index in [0.717, 1.165) is 4.47 Å². The number of phenolic OH excluding ortho intramolecular Hbond substituents is 1. The second-order valence-corrected chi connectivity index (χ2v) is 5.51. The minimum absolute atomic E-state index is 0.0725. The smallest absolute Gasteiger partial charge is 0.189 e. The molecule has 1 heterocycles. The van der Waals surface area contributed by atoms with E-state index in [4.69, 9.17) is 0 Å². The second-order valence-electron chi connectivity index (χ2n) is 3.63. The highest BCUT2D eigenvalue weighted by Crippen LogP contribution is 2.30. The predicted molar refractivity (Wildman–Crippen MR) is 72.6 cm³/mol. The number of Topliss-reactive ketones (excluding diaryl/α,β-unsaturated/α-hetero) is 1. The number of carbonyl (C=O) groups excluding carboxylic acids is 1. The van der Waals surface area contributed by atoms with Crippen molar-refractivity contribution in [3.8, 4) is 17.1 Å². The Balaban J connectivity index is 2.23. The van der Waals surface area contributed by atoms with Crippen LogP contribution in [0.2, 0.25) is 0 Å². The molecule has 0 aliphatic carbocycles. The van der Waals surface area contributed by atoms with Gasteiger partial charge in [0.05, 0.1) is 11.3 Å². The number of hydrogen-bond donors (Lipinski definition) is 2. The van der Waals surface area contributed by atoms with Gasteiger partial charge in [-0.3, -0.25) is 4.79 Å². The van der Waals surface area contributed by atoms with Crippen LogP contribution in [0.25, 0.3) is 11.4 Å². The monoisotopic (exact) mass is 327 g/mol. The van der Waals surface area contributed by atoms with Crippen molar-refractivity contribution in [2.24, 2.45) is 0 Å². The zero-order chi connectivity index (χ0) is 13.1. The molecule has 0 fully saturated rings. The molecule has 0 amide bonds. The summed E-state index contributed by atoms with van der Waals surface area (Å²) in [4.78, 5) is 13.8. The topological polar surface area (TPSA) is 78.9 Å². The summed E-state index contributed by atoms with van der Waals surface area (Å²) < 4.78 is 0.838. The molecule has 2 aromatic rings. The van der Waals surface area contributed by atoms with Crippen LogP contribution in [0, 0.1) is 0 Å². The van der Waals surface area contributed by atoms with Crippen LogP contribution in [0.3, 0.4) is 0 Å². The number of benzene rings is 1. The molecule has 0 bridgehead atoms. The van der Waals surface area contributed by atoms with Gasteiger partial charge in [-0.15, -0.1) is 10.2 Å². The van der Waals surface area contributed by atoms with Crippen LogP contribution in [-0.2, 0) is 4.79 Å². The number of thioether (sulfide) groups is 1. The first-order valence-corrected chi connectivity index (χ1v) is 6.88. The van der Waals surface area contributed by atoms with Gasteiger partial charge in [0.25, 0.3) is 0 Å². The maximum Gasteiger partial charge on any atom is 0.189 e. The molecule has 0 aliphatic rings. The molecule has 18 heavy (non-hydrogen) atoms. The predicted octanol–water partition coefficient (Wildman–Crippen LogP) is 2.62. The van der Waals surface area contributed by atoms with Crippen molar-refractivity contribution in [1.82, 2.24) is 15.2 Å². The van der Waals surface area contributed by atoms with Gasteiger partial charge in [-0.2, -0.15) is 0 Å². The molecule has 0 unspecified atom stereocenters. The normalized spacial score (nSPS) is 10.6. The maximum atomic E-state index is 10.9. The first-order chi connectivity index (χ1) is 8.56. The van der Waals surface area contributed by atoms with E-state index in [-0.39, 0.29) is 11.5 Å². The van der Waals surface area contributed by atoms with E-state index in [0.29, 0.717) is 22.3 Å². The average molecular weight is 328 g/mol. The molecule has 0 radical (unpaired) electrons. The van der Waals surface area contributed by atoms with Crippen molar-refractivity contribution in [3.05, 3.63) is 22.7 Å². The molecule has 0 aliphatic heterocycles. The Morgan fingerprint density at radius 1 is 1.50 bits per heavy atom. The number of nitrogens with one attached hydrogen (secondary N) is 1. The number of aromatic amines is 1. The number of nitrogens with zero attached hydrogens (tertiary/aromatic N) is 2. The van der Waals surface area contributed by atoms with Gasteiger partial charge in [0.2, 0.25) is 0 Å². The fourth-order valence-electron chi connectivity index (χ4n) is 1.30. The van der Waals surface area contributed by atoms with E-state index in [9.17, 15) is 9.90 Å². The van der Waals surface area contributed by atoms with Crippen LogP contribution in [0.15, 0.2) is 27.8 Å². The third-order valence-electron chi connectivity index (χ3n) is 2.09. The Labute approximate surface area is 116 Å². The van der Waals surface area contributed by atoms with Crippen LogP contribution >= 0.6 is 27.7 Å². The molecule has 0 saturated heterocycles. The molecule has 0 spiro atoms. The molecule has 2 N–H and O–H groups in total. The number of H-pyrrole nitrogens is 1. The Bertz CT molecular complexity index is 585. The molecule has 2 rings (SSSR count). The van der Waals surface area contributed by atoms with E-state index in [1.165, 1.54) is 18.7 Å². The van der Waals surface area contributed by atoms with Gasteiger partial charge in [-0.25, -0.2) is 0 Å². The summed E-state index contributed by atoms with van der Waals surface area (Å²) in [7, 11) is 0. The van der Waals surface area contributed by atoms with Crippen LogP contribution < -0.4 is 0 Å². The zero-order valence-corrected chi connectivity index (χ0v) is 11.9. The van der Waals surface area contributed by atoms with Crippen molar-refractivity contribution in [2.75, 3.05) is 5.75 Å². The number of aromatic hydroxyl groups is 1. The SMILES string of the molecule is CC(=O)CSc1nnc(-c2cc(Br)ccc2O)[nH]1. The Morgan fingerprint density at radius 2 is 2.28 bits per heavy atom. The van der Waals surface area contributed by atoms with E-state index >= 15 is 0 Å². The van der Waals surface area contributed by atoms with Crippen LogP contribution in [0.1, 0.15) is 6.92 Å². The van der Waals surface area contributed by atoms with Crippen molar-refractivity contribution >= 4 is 33.5 Å². The third-order valence-corrected chi connectivity index (χ3v) is 3.59. The Hall–Kier alpha value is -1.34. The van der Waals surface area contributed by atoms with Crippen LogP contribution in [-0.4, -0.2) is 31.8 Å². The summed E-state index contributed by atoms with van der Waals surface area (Å²) in [5.74, 6) is 1.01. The van der Waals surface area contributed by atoms with Gasteiger partial charge < -0.3 is 10.1 Å². The first kappa shape index (κ1) is 13.1. The summed E-state index contributed by atoms with van der Waals surface area (Å²) in [5.41, 5.74) is 0.562. The highest BCUT2D eigenvalue weighted by Gasteiger charge is 2.11. The molecule has 5 nitrogen and oxygen atoms in total. The molecule has 1 aromatic carbocycles. The standard InChI is InChI=1S/C11H10BrN3O2S/c1-6(16)5-18-11-13-10(14-15-11)8-4-7(12)2-3-9(8)17/h2-4,17H,5H2,1H3,(H,13,14,15). The van der Waals surface area contributed by atoms with E-state index < -0.39 is 0 Å². The quantitative estimate of drug-likeness (QED) is 0.844. The van der Waals surface area contributed by atoms with Gasteiger partial charge in [0.1, 0.15) is 11.5 Å². The van der Waals surface area contributed by atoms with E-state index in [1.807, 2.05) is 0 Å². The lowest BCUT2D eigenvalue weighted by Crippen LogP contribution is -1.93. The van der Waals surface area contributed by atoms with Crippen molar-refractivity contribution < 1.29 is 9.90 Å². The first-order valence-electron chi connectivity index (χ1n) is 5.10. The maximum absolute atomic E-state index is 10.9. The van der Waals surface area contributed by atoms with Gasteiger partial charge in [0, 0.05) is 4.47 Å². The van der Waals surface area contributed by atoms with Crippen LogP contribution in [0.5, 0.6) is 5.75 Å². The molecular weight excluding hydrogens is 318 g/mol. The molecule has 94 valence electrons. The summed E-state index contributed by atoms with van der Waals surface area (Å²) in [6.07, 6.45) is 0. The fraction of sp³-hybridized carbons (Fsp3) is 0.182. The van der Waals surface area contributed by atoms with Gasteiger partial charge in [0.15, 0.2) is 11.0 Å². The van der Waals surface area contributed by atoms with Gasteiger partial charge in [-0.1, -0.05) is 27.7 Å². The number of aromatic nitrogens is 3. The number of rotatable bonds is 4. The number of phenols is 1. The highest BCUT2D eigenvalue weighted by atomic mass is 79.9. The summed E-state index contributed by atoms with van der Waals surface area (Å²) in [5, 5.41) is 18.2. The van der Waals surface area contributed by atoms with Crippen molar-refractivity contribution in [2.45, 2.75) is 12.1 Å². The number of hydrogen-bond acceptors (Lipinski definition) is 5. The van der Waals surface area contributed by atoms with Crippen molar-refractivity contribution in [1.29, 1.82) is 0 Å². The fourth-order valence-corrected chi connectivity index (χ4v) is 2.27. The minimum Gasteiger partial charge on any atom is -0.507 e. The summed E-state index contributed by atoms with van der Waals surface area (Å²) >= 11 is 4.61. The van der Waals surface area contributed by atoms with Crippen molar-refractivity contribution in [3.63, 3.8) is 0 Å². The largest absolute Gasteiger partial charge is 0.507 e.